The Labute approximate surface area is 93.9 Å². The average molecular weight is 205 g/mol. The third-order valence-electron chi connectivity index (χ3n) is 3.36. The van der Waals surface area contributed by atoms with E-state index in [0.717, 1.165) is 0 Å². The summed E-state index contributed by atoms with van der Waals surface area (Å²) in [4.78, 5) is 0. The zero-order chi connectivity index (χ0) is 11.5. The van der Waals surface area contributed by atoms with Crippen molar-refractivity contribution in [1.29, 1.82) is 0 Å². The van der Waals surface area contributed by atoms with Crippen molar-refractivity contribution in [2.24, 2.45) is 5.41 Å². The second kappa shape index (κ2) is 4.80. The first kappa shape index (κ1) is 12.3. The summed E-state index contributed by atoms with van der Waals surface area (Å²) >= 11 is 0. The van der Waals surface area contributed by atoms with Crippen molar-refractivity contribution >= 4 is 0 Å². The highest BCUT2D eigenvalue weighted by Gasteiger charge is 2.27. The van der Waals surface area contributed by atoms with Crippen LogP contribution < -0.4 is 5.32 Å². The second-order valence-corrected chi connectivity index (χ2v) is 4.98. The molecule has 0 aliphatic heterocycles. The van der Waals surface area contributed by atoms with Gasteiger partial charge in [-0.1, -0.05) is 50.6 Å². The molecule has 1 rings (SSSR count). The number of hydrogen-bond acceptors (Lipinski definition) is 1. The highest BCUT2D eigenvalue weighted by atomic mass is 14.9. The van der Waals surface area contributed by atoms with E-state index in [4.69, 9.17) is 0 Å². The van der Waals surface area contributed by atoms with E-state index in [1.165, 1.54) is 17.5 Å². The lowest BCUT2D eigenvalue weighted by molar-refractivity contribution is 0.245. The van der Waals surface area contributed by atoms with Crippen LogP contribution in [0.15, 0.2) is 24.3 Å². The van der Waals surface area contributed by atoms with Gasteiger partial charge in [-0.3, -0.25) is 0 Å². The van der Waals surface area contributed by atoms with Crippen molar-refractivity contribution in [3.05, 3.63) is 35.4 Å². The van der Waals surface area contributed by atoms with Gasteiger partial charge in [0.1, 0.15) is 0 Å². The van der Waals surface area contributed by atoms with Crippen LogP contribution in [0.1, 0.15) is 44.4 Å². The van der Waals surface area contributed by atoms with Crippen molar-refractivity contribution in [2.45, 2.75) is 40.2 Å². The maximum atomic E-state index is 3.44. The van der Waals surface area contributed by atoms with Crippen LogP contribution in [0.3, 0.4) is 0 Å². The molecule has 0 heterocycles. The summed E-state index contributed by atoms with van der Waals surface area (Å²) in [7, 11) is 2.05. The summed E-state index contributed by atoms with van der Waals surface area (Å²) in [5.74, 6) is 0. The van der Waals surface area contributed by atoms with Gasteiger partial charge >= 0.3 is 0 Å². The van der Waals surface area contributed by atoms with E-state index in [0.29, 0.717) is 11.5 Å². The van der Waals surface area contributed by atoms with Crippen LogP contribution in [0.5, 0.6) is 0 Å². The SMILES string of the molecule is CCC(C)(C)C(NC)c1cccc(C)c1. The third kappa shape index (κ3) is 2.82. The van der Waals surface area contributed by atoms with Crippen LogP contribution in [0.4, 0.5) is 0 Å². The molecule has 0 saturated carbocycles. The summed E-state index contributed by atoms with van der Waals surface area (Å²) in [5.41, 5.74) is 3.02. The van der Waals surface area contributed by atoms with Gasteiger partial charge < -0.3 is 5.32 Å². The normalized spacial score (nSPS) is 13.9. The van der Waals surface area contributed by atoms with Gasteiger partial charge in [0, 0.05) is 6.04 Å². The zero-order valence-corrected chi connectivity index (χ0v) is 10.6. The van der Waals surface area contributed by atoms with E-state index in [2.05, 4.69) is 57.3 Å². The quantitative estimate of drug-likeness (QED) is 0.790. The Kier molecular flexibility index (Phi) is 3.92. The van der Waals surface area contributed by atoms with Gasteiger partial charge in [0.15, 0.2) is 0 Å². The Hall–Kier alpha value is -0.820. The molecule has 0 aliphatic rings. The van der Waals surface area contributed by atoms with Crippen LogP contribution in [-0.4, -0.2) is 7.05 Å². The van der Waals surface area contributed by atoms with Crippen LogP contribution in [0, 0.1) is 12.3 Å². The highest BCUT2D eigenvalue weighted by Crippen LogP contribution is 2.35. The topological polar surface area (TPSA) is 12.0 Å². The number of benzene rings is 1. The predicted molar refractivity (Wildman–Crippen MR) is 67.1 cm³/mol. The van der Waals surface area contributed by atoms with Crippen molar-refractivity contribution in [1.82, 2.24) is 5.32 Å². The molecule has 0 bridgehead atoms. The van der Waals surface area contributed by atoms with Crippen LogP contribution in [0.2, 0.25) is 0 Å². The molecule has 0 spiro atoms. The molecular weight excluding hydrogens is 182 g/mol. The fraction of sp³-hybridized carbons (Fsp3) is 0.571. The molecule has 0 fully saturated rings. The maximum absolute atomic E-state index is 3.44. The lowest BCUT2D eigenvalue weighted by atomic mass is 9.78. The van der Waals surface area contributed by atoms with E-state index < -0.39 is 0 Å². The fourth-order valence-electron chi connectivity index (χ4n) is 2.06. The summed E-state index contributed by atoms with van der Waals surface area (Å²) in [6, 6.07) is 9.21. The zero-order valence-electron chi connectivity index (χ0n) is 10.6. The smallest absolute Gasteiger partial charge is 0.0369 e. The summed E-state index contributed by atoms with van der Waals surface area (Å²) in [5, 5.41) is 3.44. The maximum Gasteiger partial charge on any atom is 0.0369 e. The standard InChI is InChI=1S/C14H23N/c1-6-14(3,4)13(15-5)12-9-7-8-11(2)10-12/h7-10,13,15H,6H2,1-5H3. The van der Waals surface area contributed by atoms with E-state index in [9.17, 15) is 0 Å². The molecule has 1 atom stereocenters. The van der Waals surface area contributed by atoms with Gasteiger partial charge in [-0.25, -0.2) is 0 Å². The molecule has 0 aliphatic carbocycles. The van der Waals surface area contributed by atoms with E-state index in [-0.39, 0.29) is 0 Å². The van der Waals surface area contributed by atoms with Gasteiger partial charge in [-0.05, 0) is 31.4 Å². The number of nitrogens with one attached hydrogen (secondary N) is 1. The van der Waals surface area contributed by atoms with E-state index in [1.54, 1.807) is 0 Å². The first-order chi connectivity index (χ1) is 7.01. The van der Waals surface area contributed by atoms with Crippen molar-refractivity contribution in [3.63, 3.8) is 0 Å². The minimum Gasteiger partial charge on any atom is -0.313 e. The lowest BCUT2D eigenvalue weighted by Crippen LogP contribution is -2.31. The first-order valence-electron chi connectivity index (χ1n) is 5.75. The van der Waals surface area contributed by atoms with Gasteiger partial charge in [0.05, 0.1) is 0 Å². The van der Waals surface area contributed by atoms with Crippen molar-refractivity contribution in [3.8, 4) is 0 Å². The van der Waals surface area contributed by atoms with E-state index in [1.807, 2.05) is 7.05 Å². The Morgan fingerprint density at radius 2 is 2.00 bits per heavy atom. The molecule has 1 N–H and O–H groups in total. The van der Waals surface area contributed by atoms with Gasteiger partial charge in [0.25, 0.3) is 0 Å². The Morgan fingerprint density at radius 1 is 1.33 bits per heavy atom. The number of aryl methyl sites for hydroxylation is 1. The molecule has 1 unspecified atom stereocenters. The number of hydrogen-bond donors (Lipinski definition) is 1. The molecule has 0 radical (unpaired) electrons. The summed E-state index contributed by atoms with van der Waals surface area (Å²) < 4.78 is 0. The number of rotatable bonds is 4. The largest absolute Gasteiger partial charge is 0.313 e. The molecule has 84 valence electrons. The molecule has 15 heavy (non-hydrogen) atoms. The Morgan fingerprint density at radius 3 is 2.47 bits per heavy atom. The lowest BCUT2D eigenvalue weighted by Gasteiger charge is -2.33. The van der Waals surface area contributed by atoms with Crippen LogP contribution in [-0.2, 0) is 0 Å². The summed E-state index contributed by atoms with van der Waals surface area (Å²) in [6.07, 6.45) is 1.17. The fourth-order valence-corrected chi connectivity index (χ4v) is 2.06. The van der Waals surface area contributed by atoms with E-state index >= 15 is 0 Å². The molecule has 1 nitrogen and oxygen atoms in total. The molecule has 0 saturated heterocycles. The molecule has 0 amide bonds. The van der Waals surface area contributed by atoms with Gasteiger partial charge in [0.2, 0.25) is 0 Å². The first-order valence-corrected chi connectivity index (χ1v) is 5.75. The highest BCUT2D eigenvalue weighted by molar-refractivity contribution is 5.26. The minimum atomic E-state index is 0.294. The molecule has 0 aromatic heterocycles. The van der Waals surface area contributed by atoms with Crippen molar-refractivity contribution < 1.29 is 0 Å². The Bertz CT molecular complexity index is 315. The van der Waals surface area contributed by atoms with Crippen LogP contribution >= 0.6 is 0 Å². The molecule has 1 heteroatoms. The van der Waals surface area contributed by atoms with Crippen LogP contribution in [0.25, 0.3) is 0 Å². The van der Waals surface area contributed by atoms with Gasteiger partial charge in [-0.15, -0.1) is 0 Å². The Balaban J connectivity index is 3.02. The second-order valence-electron chi connectivity index (χ2n) is 4.98. The minimum absolute atomic E-state index is 0.294. The third-order valence-corrected chi connectivity index (χ3v) is 3.36. The average Bonchev–Trinajstić information content (AvgIpc) is 2.18. The molecule has 1 aromatic carbocycles. The molecular formula is C14H23N. The monoisotopic (exact) mass is 205 g/mol. The predicted octanol–water partition coefficient (Wildman–Crippen LogP) is 3.69. The summed E-state index contributed by atoms with van der Waals surface area (Å²) in [6.45, 7) is 9.03. The van der Waals surface area contributed by atoms with Crippen molar-refractivity contribution in [2.75, 3.05) is 7.05 Å². The molecule has 1 aromatic rings. The van der Waals surface area contributed by atoms with Gasteiger partial charge in [-0.2, -0.15) is 0 Å².